The molecule has 0 radical (unpaired) electrons. The van der Waals surface area contributed by atoms with Crippen molar-refractivity contribution >= 4 is 53.3 Å². The van der Waals surface area contributed by atoms with Crippen molar-refractivity contribution in [2.75, 3.05) is 19.1 Å². The van der Waals surface area contributed by atoms with E-state index in [1.54, 1.807) is 29.8 Å². The van der Waals surface area contributed by atoms with E-state index in [2.05, 4.69) is 0 Å². The molecule has 1 unspecified atom stereocenters. The molecule has 0 bridgehead atoms. The molecule has 0 heterocycles. The number of nitrogens with two attached hydrogens (primary N) is 1. The van der Waals surface area contributed by atoms with Gasteiger partial charge >= 0.3 is 0 Å². The molecule has 0 aromatic heterocycles. The Morgan fingerprint density at radius 1 is 1.45 bits per heavy atom. The first-order valence-electron chi connectivity index (χ1n) is 5.89. The van der Waals surface area contributed by atoms with Gasteiger partial charge in [0.1, 0.15) is 0 Å². The van der Waals surface area contributed by atoms with Crippen LogP contribution >= 0.6 is 47.4 Å². The number of benzene rings is 1. The first-order chi connectivity index (χ1) is 8.97. The zero-order valence-corrected chi connectivity index (χ0v) is 14.6. The van der Waals surface area contributed by atoms with Crippen LogP contribution in [-0.2, 0) is 11.3 Å². The van der Waals surface area contributed by atoms with Crippen LogP contribution in [0.15, 0.2) is 18.2 Å². The summed E-state index contributed by atoms with van der Waals surface area (Å²) in [5.41, 5.74) is 6.68. The highest BCUT2D eigenvalue weighted by Gasteiger charge is 2.18. The Balaban J connectivity index is 0.00000361. The van der Waals surface area contributed by atoms with Gasteiger partial charge in [-0.15, -0.1) is 12.4 Å². The van der Waals surface area contributed by atoms with E-state index in [0.717, 1.165) is 11.3 Å². The second-order valence-corrected chi connectivity index (χ2v) is 6.07. The number of carbonyl (C=O) groups excluding carboxylic acids is 1. The third kappa shape index (κ3) is 5.70. The van der Waals surface area contributed by atoms with Crippen LogP contribution < -0.4 is 5.73 Å². The van der Waals surface area contributed by atoms with Gasteiger partial charge in [-0.25, -0.2) is 0 Å². The summed E-state index contributed by atoms with van der Waals surface area (Å²) in [5.74, 6) is 0.795. The lowest BCUT2D eigenvalue weighted by Gasteiger charge is -2.22. The first kappa shape index (κ1) is 19.9. The third-order valence-corrected chi connectivity index (χ3v) is 4.27. The number of nitrogens with zero attached hydrogens (tertiary/aromatic N) is 1. The minimum Gasteiger partial charge on any atom is -0.340 e. The van der Waals surface area contributed by atoms with Crippen molar-refractivity contribution in [1.29, 1.82) is 0 Å². The van der Waals surface area contributed by atoms with Crippen LogP contribution in [0.1, 0.15) is 12.0 Å². The summed E-state index contributed by atoms with van der Waals surface area (Å²) in [6, 6.07) is 4.93. The fourth-order valence-electron chi connectivity index (χ4n) is 1.66. The molecular weight excluding hydrogens is 339 g/mol. The number of hydrogen-bond donors (Lipinski definition) is 1. The van der Waals surface area contributed by atoms with Crippen molar-refractivity contribution in [2.45, 2.75) is 19.0 Å². The van der Waals surface area contributed by atoms with Crippen LogP contribution in [0.2, 0.25) is 10.0 Å². The molecule has 1 amide bonds. The average molecular weight is 358 g/mol. The van der Waals surface area contributed by atoms with Crippen molar-refractivity contribution in [1.82, 2.24) is 4.90 Å². The van der Waals surface area contributed by atoms with E-state index in [1.165, 1.54) is 0 Å². The van der Waals surface area contributed by atoms with Gasteiger partial charge in [-0.1, -0.05) is 35.3 Å². The van der Waals surface area contributed by atoms with Crippen LogP contribution in [0.3, 0.4) is 0 Å². The van der Waals surface area contributed by atoms with Crippen LogP contribution in [0.25, 0.3) is 0 Å². The van der Waals surface area contributed by atoms with Gasteiger partial charge in [-0.05, 0) is 30.1 Å². The van der Waals surface area contributed by atoms with Gasteiger partial charge in [0.15, 0.2) is 0 Å². The Morgan fingerprint density at radius 2 is 2.10 bits per heavy atom. The molecule has 0 fully saturated rings. The summed E-state index contributed by atoms with van der Waals surface area (Å²) in [6.07, 6.45) is 2.67. The zero-order valence-electron chi connectivity index (χ0n) is 11.4. The lowest BCUT2D eigenvalue weighted by molar-refractivity contribution is -0.131. The number of halogens is 3. The summed E-state index contributed by atoms with van der Waals surface area (Å²) in [7, 11) is 1.72. The predicted octanol–water partition coefficient (Wildman–Crippen LogP) is 3.45. The van der Waals surface area contributed by atoms with Gasteiger partial charge in [0.05, 0.1) is 16.1 Å². The second-order valence-electron chi connectivity index (χ2n) is 4.30. The highest BCUT2D eigenvalue weighted by molar-refractivity contribution is 7.98. The molecule has 0 saturated carbocycles. The Labute approximate surface area is 140 Å². The van der Waals surface area contributed by atoms with Crippen LogP contribution in [0, 0.1) is 0 Å². The minimum atomic E-state index is -0.463. The molecule has 1 rings (SSSR count). The Bertz CT molecular complexity index is 446. The molecule has 20 heavy (non-hydrogen) atoms. The number of likely N-dealkylation sites (N-methyl/N-ethyl adjacent to an activating group) is 1. The Morgan fingerprint density at radius 3 is 2.70 bits per heavy atom. The van der Waals surface area contributed by atoms with Gasteiger partial charge in [0.25, 0.3) is 0 Å². The van der Waals surface area contributed by atoms with Gasteiger partial charge in [0.2, 0.25) is 5.91 Å². The maximum Gasteiger partial charge on any atom is 0.239 e. The summed E-state index contributed by atoms with van der Waals surface area (Å²) in [5, 5.41) is 0.980. The smallest absolute Gasteiger partial charge is 0.239 e. The molecule has 1 aromatic rings. The summed E-state index contributed by atoms with van der Waals surface area (Å²) in [6.45, 7) is 0.408. The molecule has 0 saturated heterocycles. The molecule has 0 aliphatic heterocycles. The lowest BCUT2D eigenvalue weighted by atomic mass is 10.1. The summed E-state index contributed by atoms with van der Waals surface area (Å²) >= 11 is 13.7. The summed E-state index contributed by atoms with van der Waals surface area (Å²) < 4.78 is 0. The average Bonchev–Trinajstić information content (AvgIpc) is 2.40. The van der Waals surface area contributed by atoms with Crippen molar-refractivity contribution in [3.63, 3.8) is 0 Å². The normalized spacial score (nSPS) is 11.7. The molecule has 2 N–H and O–H groups in total. The highest BCUT2D eigenvalue weighted by Crippen LogP contribution is 2.26. The number of amides is 1. The number of rotatable bonds is 6. The van der Waals surface area contributed by atoms with Crippen LogP contribution in [0.5, 0.6) is 0 Å². The SMILES string of the molecule is CSCCC(N)C(=O)N(C)Cc1cccc(Cl)c1Cl.Cl. The van der Waals surface area contributed by atoms with Gasteiger partial charge in [-0.2, -0.15) is 11.8 Å². The monoisotopic (exact) mass is 356 g/mol. The molecular formula is C13H19Cl3N2OS. The van der Waals surface area contributed by atoms with Crippen molar-refractivity contribution < 1.29 is 4.79 Å². The van der Waals surface area contributed by atoms with Crippen molar-refractivity contribution in [3.8, 4) is 0 Å². The quantitative estimate of drug-likeness (QED) is 0.848. The van der Waals surface area contributed by atoms with Gasteiger partial charge < -0.3 is 10.6 Å². The van der Waals surface area contributed by atoms with E-state index in [-0.39, 0.29) is 18.3 Å². The molecule has 1 aromatic carbocycles. The Hall–Kier alpha value is -0.130. The van der Waals surface area contributed by atoms with E-state index >= 15 is 0 Å². The van der Waals surface area contributed by atoms with Crippen LogP contribution in [-0.4, -0.2) is 35.9 Å². The molecule has 3 nitrogen and oxygen atoms in total. The molecule has 0 aliphatic carbocycles. The second kappa shape index (κ2) is 9.74. The number of carbonyl (C=O) groups is 1. The predicted molar refractivity (Wildman–Crippen MR) is 91.2 cm³/mol. The van der Waals surface area contributed by atoms with E-state index in [9.17, 15) is 4.79 Å². The van der Waals surface area contributed by atoms with Crippen molar-refractivity contribution in [3.05, 3.63) is 33.8 Å². The fraction of sp³-hybridized carbons (Fsp3) is 0.462. The lowest BCUT2D eigenvalue weighted by Crippen LogP contribution is -2.41. The first-order valence-corrected chi connectivity index (χ1v) is 8.04. The minimum absolute atomic E-state index is 0. The van der Waals surface area contributed by atoms with Gasteiger partial charge in [-0.3, -0.25) is 4.79 Å². The molecule has 0 aliphatic rings. The van der Waals surface area contributed by atoms with E-state index in [0.29, 0.717) is 23.0 Å². The molecule has 114 valence electrons. The maximum absolute atomic E-state index is 12.1. The van der Waals surface area contributed by atoms with Crippen LogP contribution in [0.4, 0.5) is 0 Å². The topological polar surface area (TPSA) is 46.3 Å². The van der Waals surface area contributed by atoms with E-state index in [1.807, 2.05) is 18.4 Å². The largest absolute Gasteiger partial charge is 0.340 e. The highest BCUT2D eigenvalue weighted by atomic mass is 35.5. The number of hydrogen-bond acceptors (Lipinski definition) is 3. The molecule has 1 atom stereocenters. The van der Waals surface area contributed by atoms with Crippen molar-refractivity contribution in [2.24, 2.45) is 5.73 Å². The standard InChI is InChI=1S/C13H18Cl2N2OS.ClH/c1-17(13(18)11(16)6-7-19-2)8-9-4-3-5-10(14)12(9)15;/h3-5,11H,6-8,16H2,1-2H3;1H. The molecule has 0 spiro atoms. The van der Waals surface area contributed by atoms with Gasteiger partial charge in [0, 0.05) is 13.6 Å². The summed E-state index contributed by atoms with van der Waals surface area (Å²) in [4.78, 5) is 13.7. The number of thioether (sulfide) groups is 1. The molecule has 7 heteroatoms. The maximum atomic E-state index is 12.1. The Kier molecular flexibility index (Phi) is 9.68. The fourth-order valence-corrected chi connectivity index (χ4v) is 2.52. The third-order valence-electron chi connectivity index (χ3n) is 2.77. The zero-order chi connectivity index (χ0) is 14.4. The van der Waals surface area contributed by atoms with E-state index in [4.69, 9.17) is 28.9 Å². The van der Waals surface area contributed by atoms with E-state index < -0.39 is 6.04 Å².